The van der Waals surface area contributed by atoms with Gasteiger partial charge in [0.05, 0.1) is 0 Å². The van der Waals surface area contributed by atoms with Crippen LogP contribution in [0.15, 0.2) is 46.1 Å². The van der Waals surface area contributed by atoms with E-state index in [4.69, 9.17) is 4.74 Å². The lowest BCUT2D eigenvalue weighted by Crippen LogP contribution is -2.25. The van der Waals surface area contributed by atoms with E-state index in [0.717, 1.165) is 56.1 Å². The fourth-order valence-electron chi connectivity index (χ4n) is 4.11. The Bertz CT molecular complexity index is 729. The quantitative estimate of drug-likeness (QED) is 0.341. The second-order valence-electron chi connectivity index (χ2n) is 8.92. The van der Waals surface area contributed by atoms with Gasteiger partial charge in [-0.3, -0.25) is 4.79 Å². The molecular weight excluding hydrogens is 348 g/mol. The molecule has 0 bridgehead atoms. The Balaban J connectivity index is 1.76. The first kappa shape index (κ1) is 22.4. The molecule has 0 unspecified atom stereocenters. The van der Waals surface area contributed by atoms with Crippen molar-refractivity contribution in [3.63, 3.8) is 0 Å². The Labute approximate surface area is 170 Å². The normalized spacial score (nSPS) is 20.5. The molecule has 154 valence electrons. The van der Waals surface area contributed by atoms with Gasteiger partial charge >= 0.3 is 5.97 Å². The van der Waals surface area contributed by atoms with Crippen molar-refractivity contribution in [2.75, 3.05) is 6.61 Å². The minimum absolute atomic E-state index is 0.152. The van der Waals surface area contributed by atoms with Crippen LogP contribution in [-0.4, -0.2) is 18.4 Å². The minimum atomic E-state index is -0.155. The maximum atomic E-state index is 12.1. The zero-order valence-electron chi connectivity index (χ0n) is 18.3. The molecule has 1 heterocycles. The van der Waals surface area contributed by atoms with Crippen molar-refractivity contribution in [2.24, 2.45) is 5.41 Å². The smallest absolute Gasteiger partial charge is 0.334 e. The predicted octanol–water partition coefficient (Wildman–Crippen LogP) is 6.41. The third-order valence-electron chi connectivity index (χ3n) is 6.18. The van der Waals surface area contributed by atoms with E-state index in [1.54, 1.807) is 0 Å². The van der Waals surface area contributed by atoms with Gasteiger partial charge in [0.1, 0.15) is 6.61 Å². The van der Waals surface area contributed by atoms with Crippen molar-refractivity contribution < 1.29 is 14.3 Å². The lowest BCUT2D eigenvalue weighted by Gasteiger charge is -2.34. The molecule has 0 fully saturated rings. The summed E-state index contributed by atoms with van der Waals surface area (Å²) in [5.41, 5.74) is 6.10. The highest BCUT2D eigenvalue weighted by atomic mass is 16.5. The maximum absolute atomic E-state index is 12.1. The fourth-order valence-corrected chi connectivity index (χ4v) is 4.11. The number of hydrogen-bond acceptors (Lipinski definition) is 3. The standard InChI is InChI=1S/C25H36O3/c1-18(10-7-11-21-15-17-28-24(21)27)8-6-9-19(2)12-13-22-20(3)23(26)14-16-25(22,4)5/h9-10,15H,6-8,11-14,16-17H2,1-5H3/b18-10+,19-9+. The highest BCUT2D eigenvalue weighted by Crippen LogP contribution is 2.41. The van der Waals surface area contributed by atoms with Crippen molar-refractivity contribution in [1.29, 1.82) is 0 Å². The van der Waals surface area contributed by atoms with E-state index in [2.05, 4.69) is 39.8 Å². The summed E-state index contributed by atoms with van der Waals surface area (Å²) in [6.45, 7) is 11.3. The van der Waals surface area contributed by atoms with Gasteiger partial charge in [0.25, 0.3) is 0 Å². The number of allylic oxidation sites excluding steroid dienone is 6. The largest absolute Gasteiger partial charge is 0.458 e. The molecule has 1 aliphatic heterocycles. The second-order valence-corrected chi connectivity index (χ2v) is 8.92. The Morgan fingerprint density at radius 2 is 1.75 bits per heavy atom. The summed E-state index contributed by atoms with van der Waals surface area (Å²) in [7, 11) is 0. The van der Waals surface area contributed by atoms with Crippen LogP contribution in [0.2, 0.25) is 0 Å². The van der Waals surface area contributed by atoms with Crippen LogP contribution < -0.4 is 0 Å². The average Bonchev–Trinajstić information content (AvgIpc) is 3.03. The van der Waals surface area contributed by atoms with Gasteiger partial charge in [-0.2, -0.15) is 0 Å². The number of rotatable bonds is 9. The van der Waals surface area contributed by atoms with Crippen molar-refractivity contribution in [2.45, 2.75) is 86.0 Å². The summed E-state index contributed by atoms with van der Waals surface area (Å²) in [5.74, 6) is 0.177. The first-order valence-corrected chi connectivity index (χ1v) is 10.6. The molecular formula is C25H36O3. The van der Waals surface area contributed by atoms with Crippen LogP contribution >= 0.6 is 0 Å². The highest BCUT2D eigenvalue weighted by molar-refractivity contribution is 5.96. The molecule has 1 aliphatic carbocycles. The molecule has 0 N–H and O–H groups in total. The molecule has 3 heteroatoms. The average molecular weight is 385 g/mol. The SMILES string of the molecule is CC1=C(CC/C(C)=C/CC/C(C)=C/CCC2=CCOC2=O)C(C)(C)CCC1=O. The van der Waals surface area contributed by atoms with E-state index in [1.807, 2.05) is 13.0 Å². The molecule has 3 nitrogen and oxygen atoms in total. The molecule has 28 heavy (non-hydrogen) atoms. The highest BCUT2D eigenvalue weighted by Gasteiger charge is 2.31. The first-order valence-electron chi connectivity index (χ1n) is 10.6. The van der Waals surface area contributed by atoms with Crippen LogP contribution in [-0.2, 0) is 14.3 Å². The minimum Gasteiger partial charge on any atom is -0.458 e. The number of carbonyl (C=O) groups is 2. The molecule has 0 amide bonds. The van der Waals surface area contributed by atoms with E-state index >= 15 is 0 Å². The first-order chi connectivity index (χ1) is 13.2. The molecule has 0 atom stereocenters. The number of carbonyl (C=O) groups excluding carboxylic acids is 2. The van der Waals surface area contributed by atoms with Crippen LogP contribution in [0.3, 0.4) is 0 Å². The van der Waals surface area contributed by atoms with Crippen molar-refractivity contribution in [3.05, 3.63) is 46.1 Å². The predicted molar refractivity (Wildman–Crippen MR) is 115 cm³/mol. The molecule has 0 radical (unpaired) electrons. The summed E-state index contributed by atoms with van der Waals surface area (Å²) >= 11 is 0. The van der Waals surface area contributed by atoms with Crippen molar-refractivity contribution >= 4 is 11.8 Å². The topological polar surface area (TPSA) is 43.4 Å². The molecule has 0 saturated heterocycles. The van der Waals surface area contributed by atoms with Gasteiger partial charge in [-0.05, 0) is 82.8 Å². The third-order valence-corrected chi connectivity index (χ3v) is 6.18. The number of ether oxygens (including phenoxy) is 1. The van der Waals surface area contributed by atoms with Crippen LogP contribution in [0.4, 0.5) is 0 Å². The number of hydrogen-bond donors (Lipinski definition) is 0. The Kier molecular flexibility index (Phi) is 8.03. The monoisotopic (exact) mass is 384 g/mol. The molecule has 0 saturated carbocycles. The number of esters is 1. The van der Waals surface area contributed by atoms with Crippen LogP contribution in [0.25, 0.3) is 0 Å². The van der Waals surface area contributed by atoms with Crippen LogP contribution in [0.5, 0.6) is 0 Å². The van der Waals surface area contributed by atoms with E-state index in [0.29, 0.717) is 18.8 Å². The van der Waals surface area contributed by atoms with Crippen molar-refractivity contribution in [1.82, 2.24) is 0 Å². The lowest BCUT2D eigenvalue weighted by atomic mass is 9.70. The molecule has 0 aromatic heterocycles. The van der Waals surface area contributed by atoms with Gasteiger partial charge in [-0.1, -0.05) is 42.7 Å². The van der Waals surface area contributed by atoms with Crippen molar-refractivity contribution in [3.8, 4) is 0 Å². The molecule has 0 spiro atoms. The summed E-state index contributed by atoms with van der Waals surface area (Å²) in [5, 5.41) is 0. The summed E-state index contributed by atoms with van der Waals surface area (Å²) in [6, 6.07) is 0. The van der Waals surface area contributed by atoms with Crippen LogP contribution in [0, 0.1) is 5.41 Å². The Morgan fingerprint density at radius 3 is 2.43 bits per heavy atom. The van der Waals surface area contributed by atoms with E-state index in [1.165, 1.54) is 16.7 Å². The zero-order valence-corrected chi connectivity index (χ0v) is 18.3. The number of cyclic esters (lactones) is 1. The van der Waals surface area contributed by atoms with E-state index in [9.17, 15) is 9.59 Å². The van der Waals surface area contributed by atoms with Gasteiger partial charge in [-0.15, -0.1) is 0 Å². The molecule has 0 aromatic carbocycles. The van der Waals surface area contributed by atoms with Gasteiger partial charge in [0.2, 0.25) is 0 Å². The number of Topliss-reactive ketones (excluding diaryl/α,β-unsaturated/α-hetero) is 1. The third kappa shape index (κ3) is 6.32. The van der Waals surface area contributed by atoms with Gasteiger partial charge in [0.15, 0.2) is 5.78 Å². The summed E-state index contributed by atoms with van der Waals surface area (Å²) < 4.78 is 4.92. The molecule has 2 rings (SSSR count). The maximum Gasteiger partial charge on any atom is 0.334 e. The van der Waals surface area contributed by atoms with E-state index in [-0.39, 0.29) is 11.4 Å². The summed E-state index contributed by atoms with van der Waals surface area (Å²) in [6.07, 6.45) is 13.9. The van der Waals surface area contributed by atoms with Gasteiger partial charge in [0, 0.05) is 12.0 Å². The Hall–Kier alpha value is -1.90. The second kappa shape index (κ2) is 10.0. The lowest BCUT2D eigenvalue weighted by molar-refractivity contribution is -0.136. The van der Waals surface area contributed by atoms with Gasteiger partial charge < -0.3 is 4.74 Å². The summed E-state index contributed by atoms with van der Waals surface area (Å²) in [4.78, 5) is 23.5. The zero-order chi connectivity index (χ0) is 20.7. The number of ketones is 1. The van der Waals surface area contributed by atoms with E-state index < -0.39 is 0 Å². The fraction of sp³-hybridized carbons (Fsp3) is 0.600. The Morgan fingerprint density at radius 1 is 1.07 bits per heavy atom. The molecule has 2 aliphatic rings. The van der Waals surface area contributed by atoms with Gasteiger partial charge in [-0.25, -0.2) is 4.79 Å². The van der Waals surface area contributed by atoms with Crippen LogP contribution in [0.1, 0.15) is 86.0 Å². The molecule has 0 aromatic rings.